The molecule has 10 heteroatoms. The van der Waals surface area contributed by atoms with Gasteiger partial charge in [0.15, 0.2) is 11.6 Å². The summed E-state index contributed by atoms with van der Waals surface area (Å²) in [4.78, 5) is 16.2. The Morgan fingerprint density at radius 1 is 0.939 bits per heavy atom. The molecule has 2 amide bonds. The van der Waals surface area contributed by atoms with E-state index < -0.39 is 21.7 Å². The van der Waals surface area contributed by atoms with Gasteiger partial charge in [0.05, 0.1) is 16.3 Å². The fourth-order valence-electron chi connectivity index (χ4n) is 3.64. The number of anilines is 2. The minimum Gasteiger partial charge on any atom is -0.320 e. The molecule has 0 aliphatic carbocycles. The highest BCUT2D eigenvalue weighted by Gasteiger charge is 2.29. The maximum Gasteiger partial charge on any atom is 0.324 e. The van der Waals surface area contributed by atoms with Crippen molar-refractivity contribution in [2.45, 2.75) is 17.9 Å². The van der Waals surface area contributed by atoms with Gasteiger partial charge in [-0.25, -0.2) is 22.0 Å². The van der Waals surface area contributed by atoms with Gasteiger partial charge in [-0.2, -0.15) is 0 Å². The van der Waals surface area contributed by atoms with Crippen LogP contribution in [0.4, 0.5) is 25.0 Å². The summed E-state index contributed by atoms with van der Waals surface area (Å²) in [5.74, 6) is -1.93. The maximum absolute atomic E-state index is 13.6. The van der Waals surface area contributed by atoms with Gasteiger partial charge < -0.3 is 4.90 Å². The SMILES string of the molecule is O=C1N(Cc2ccc(F)c(F)c2)CCCN1c1ccccc1NS(=O)(=O)c1cccc(Cl)c1. The van der Waals surface area contributed by atoms with Gasteiger partial charge in [-0.3, -0.25) is 9.62 Å². The Labute approximate surface area is 195 Å². The smallest absolute Gasteiger partial charge is 0.320 e. The summed E-state index contributed by atoms with van der Waals surface area (Å²) in [7, 11) is -3.95. The zero-order valence-corrected chi connectivity index (χ0v) is 18.9. The lowest BCUT2D eigenvalue weighted by Crippen LogP contribution is -2.49. The standard InChI is InChI=1S/C23H20ClF2N3O3S/c24-17-5-3-6-18(14-17)33(31,32)27-21-7-1-2-8-22(21)29-12-4-11-28(23(29)30)15-16-9-10-19(25)20(26)13-16/h1-3,5-10,13-14,27H,4,11-12,15H2. The fourth-order valence-corrected chi connectivity index (χ4v) is 5.02. The summed E-state index contributed by atoms with van der Waals surface area (Å²) in [5, 5.41) is 0.283. The minimum atomic E-state index is -3.95. The van der Waals surface area contributed by atoms with Gasteiger partial charge >= 0.3 is 6.03 Å². The normalized spacial score (nSPS) is 14.5. The molecule has 0 spiro atoms. The number of amides is 2. The van der Waals surface area contributed by atoms with E-state index in [2.05, 4.69) is 4.72 Å². The molecule has 0 atom stereocenters. The van der Waals surface area contributed by atoms with Crippen molar-refractivity contribution >= 4 is 39.0 Å². The van der Waals surface area contributed by atoms with Crippen LogP contribution < -0.4 is 9.62 Å². The molecule has 0 aromatic heterocycles. The molecule has 0 saturated carbocycles. The summed E-state index contributed by atoms with van der Waals surface area (Å²) in [5.41, 5.74) is 1.09. The van der Waals surface area contributed by atoms with Crippen molar-refractivity contribution in [2.24, 2.45) is 0 Å². The summed E-state index contributed by atoms with van der Waals surface area (Å²) in [6, 6.07) is 15.6. The molecule has 0 radical (unpaired) electrons. The molecule has 33 heavy (non-hydrogen) atoms. The Morgan fingerprint density at radius 3 is 2.48 bits per heavy atom. The quantitative estimate of drug-likeness (QED) is 0.512. The van der Waals surface area contributed by atoms with E-state index in [1.165, 1.54) is 34.1 Å². The number of nitrogens with one attached hydrogen (secondary N) is 1. The van der Waals surface area contributed by atoms with Gasteiger partial charge in [-0.05, 0) is 54.4 Å². The van der Waals surface area contributed by atoms with Crippen molar-refractivity contribution in [3.63, 3.8) is 0 Å². The van der Waals surface area contributed by atoms with Crippen LogP contribution in [0.2, 0.25) is 5.02 Å². The number of hydrogen-bond acceptors (Lipinski definition) is 3. The number of rotatable bonds is 6. The van der Waals surface area contributed by atoms with Crippen LogP contribution in [0.1, 0.15) is 12.0 Å². The number of hydrogen-bond donors (Lipinski definition) is 1. The average molecular weight is 492 g/mol. The second-order valence-electron chi connectivity index (χ2n) is 7.54. The Kier molecular flexibility index (Phi) is 6.53. The molecule has 1 fully saturated rings. The highest BCUT2D eigenvalue weighted by Crippen LogP contribution is 2.31. The Hall–Kier alpha value is -3.17. The fraction of sp³-hybridized carbons (Fsp3) is 0.174. The first-order chi connectivity index (χ1) is 15.7. The van der Waals surface area contributed by atoms with E-state index in [0.717, 1.165) is 12.1 Å². The highest BCUT2D eigenvalue weighted by atomic mass is 35.5. The molecule has 1 aliphatic rings. The molecule has 172 valence electrons. The minimum absolute atomic E-state index is 0.00487. The van der Waals surface area contributed by atoms with E-state index in [4.69, 9.17) is 11.6 Å². The third kappa shape index (κ3) is 5.09. The topological polar surface area (TPSA) is 69.7 Å². The van der Waals surface area contributed by atoms with Crippen LogP contribution in [0.25, 0.3) is 0 Å². The number of para-hydroxylation sites is 2. The van der Waals surface area contributed by atoms with E-state index >= 15 is 0 Å². The van der Waals surface area contributed by atoms with E-state index in [1.807, 2.05) is 0 Å². The number of halogens is 3. The van der Waals surface area contributed by atoms with Crippen molar-refractivity contribution < 1.29 is 22.0 Å². The lowest BCUT2D eigenvalue weighted by molar-refractivity contribution is 0.192. The van der Waals surface area contributed by atoms with Crippen molar-refractivity contribution in [3.05, 3.63) is 89.0 Å². The van der Waals surface area contributed by atoms with Crippen molar-refractivity contribution in [2.75, 3.05) is 22.7 Å². The lowest BCUT2D eigenvalue weighted by Gasteiger charge is -2.36. The van der Waals surface area contributed by atoms with Gasteiger partial charge in [-0.1, -0.05) is 35.9 Å². The number of carbonyl (C=O) groups excluding carboxylic acids is 1. The van der Waals surface area contributed by atoms with E-state index in [1.54, 1.807) is 30.3 Å². The molecular formula is C23H20ClF2N3O3S. The number of urea groups is 1. The van der Waals surface area contributed by atoms with Crippen LogP contribution >= 0.6 is 11.6 Å². The number of sulfonamides is 1. The van der Waals surface area contributed by atoms with Gasteiger partial charge in [0.2, 0.25) is 0 Å². The zero-order valence-electron chi connectivity index (χ0n) is 17.3. The first-order valence-electron chi connectivity index (χ1n) is 10.1. The maximum atomic E-state index is 13.6. The molecule has 1 N–H and O–H groups in total. The van der Waals surface area contributed by atoms with E-state index in [0.29, 0.717) is 30.8 Å². The van der Waals surface area contributed by atoms with Crippen LogP contribution in [0, 0.1) is 11.6 Å². The monoisotopic (exact) mass is 491 g/mol. The average Bonchev–Trinajstić information content (AvgIpc) is 2.78. The van der Waals surface area contributed by atoms with Crippen LogP contribution in [-0.2, 0) is 16.6 Å². The number of nitrogens with zero attached hydrogens (tertiary/aromatic N) is 2. The number of carbonyl (C=O) groups is 1. The van der Waals surface area contributed by atoms with Crippen LogP contribution in [0.15, 0.2) is 71.6 Å². The molecule has 0 unspecified atom stereocenters. The van der Waals surface area contributed by atoms with Gasteiger partial charge in [0.1, 0.15) is 0 Å². The van der Waals surface area contributed by atoms with Crippen LogP contribution in [0.3, 0.4) is 0 Å². The van der Waals surface area contributed by atoms with Crippen molar-refractivity contribution in [1.29, 1.82) is 0 Å². The zero-order chi connectivity index (χ0) is 23.6. The first kappa shape index (κ1) is 23.0. The molecule has 3 aromatic rings. The molecule has 6 nitrogen and oxygen atoms in total. The summed E-state index contributed by atoms with van der Waals surface area (Å²) < 4.78 is 55.1. The predicted molar refractivity (Wildman–Crippen MR) is 123 cm³/mol. The van der Waals surface area contributed by atoms with E-state index in [-0.39, 0.29) is 28.2 Å². The summed E-state index contributed by atoms with van der Waals surface area (Å²) in [6.07, 6.45) is 0.616. The third-order valence-corrected chi connectivity index (χ3v) is 6.81. The van der Waals surface area contributed by atoms with Crippen molar-refractivity contribution in [1.82, 2.24) is 4.90 Å². The van der Waals surface area contributed by atoms with Crippen molar-refractivity contribution in [3.8, 4) is 0 Å². The second-order valence-corrected chi connectivity index (χ2v) is 9.66. The lowest BCUT2D eigenvalue weighted by atomic mass is 10.1. The molecule has 1 heterocycles. The predicted octanol–water partition coefficient (Wildman–Crippen LogP) is 5.25. The van der Waals surface area contributed by atoms with Gasteiger partial charge in [-0.15, -0.1) is 0 Å². The Bertz CT molecular complexity index is 1300. The summed E-state index contributed by atoms with van der Waals surface area (Å²) >= 11 is 5.93. The highest BCUT2D eigenvalue weighted by molar-refractivity contribution is 7.92. The molecule has 1 aliphatic heterocycles. The second kappa shape index (κ2) is 9.36. The summed E-state index contributed by atoms with van der Waals surface area (Å²) in [6.45, 7) is 0.913. The molecule has 4 rings (SSSR count). The molecular weight excluding hydrogens is 472 g/mol. The van der Waals surface area contributed by atoms with Crippen LogP contribution in [0.5, 0.6) is 0 Å². The largest absolute Gasteiger partial charge is 0.324 e. The third-order valence-electron chi connectivity index (χ3n) is 5.21. The first-order valence-corrected chi connectivity index (χ1v) is 12.0. The van der Waals surface area contributed by atoms with Gasteiger partial charge in [0.25, 0.3) is 10.0 Å². The molecule has 3 aromatic carbocycles. The van der Waals surface area contributed by atoms with E-state index in [9.17, 15) is 22.0 Å². The Balaban J connectivity index is 1.59. The van der Waals surface area contributed by atoms with Crippen LogP contribution in [-0.4, -0.2) is 32.4 Å². The molecule has 1 saturated heterocycles. The Morgan fingerprint density at radius 2 is 1.73 bits per heavy atom. The number of benzene rings is 3. The van der Waals surface area contributed by atoms with Gasteiger partial charge in [0, 0.05) is 24.7 Å². The molecule has 0 bridgehead atoms.